The van der Waals surface area contributed by atoms with Gasteiger partial charge in [-0.1, -0.05) is 49.4 Å². The number of carbonyl (C=O) groups excluding carboxylic acids is 1. The van der Waals surface area contributed by atoms with Gasteiger partial charge in [-0.05, 0) is 30.0 Å². The van der Waals surface area contributed by atoms with E-state index >= 15 is 0 Å². The van der Waals surface area contributed by atoms with Gasteiger partial charge in [0.15, 0.2) is 5.78 Å². The minimum atomic E-state index is -0.00574. The first kappa shape index (κ1) is 13.3. The molecule has 0 aromatic heterocycles. The summed E-state index contributed by atoms with van der Waals surface area (Å²) in [6, 6.07) is 16.8. The number of rotatable bonds is 5. The Morgan fingerprint density at radius 3 is 2.32 bits per heavy atom. The maximum atomic E-state index is 12.2. The van der Waals surface area contributed by atoms with Gasteiger partial charge in [-0.15, -0.1) is 0 Å². The minimum absolute atomic E-state index is 0.00574. The summed E-state index contributed by atoms with van der Waals surface area (Å²) in [6.07, 6.45) is 1.33. The van der Waals surface area contributed by atoms with Gasteiger partial charge in [-0.25, -0.2) is 0 Å². The molecule has 0 aliphatic heterocycles. The molecule has 0 spiro atoms. The zero-order chi connectivity index (χ0) is 13.7. The first-order chi connectivity index (χ1) is 9.22. The Hall–Kier alpha value is -2.09. The van der Waals surface area contributed by atoms with Crippen molar-refractivity contribution in [2.24, 2.45) is 0 Å². The van der Waals surface area contributed by atoms with Crippen LogP contribution >= 0.6 is 0 Å². The molecule has 0 bridgehead atoms. The van der Waals surface area contributed by atoms with Crippen LogP contribution in [0.15, 0.2) is 54.6 Å². The van der Waals surface area contributed by atoms with Crippen LogP contribution in [0.5, 0.6) is 5.75 Å². The number of aromatic hydroxyl groups is 1. The number of phenols is 1. The molecule has 19 heavy (non-hydrogen) atoms. The van der Waals surface area contributed by atoms with Crippen molar-refractivity contribution in [2.75, 3.05) is 0 Å². The lowest BCUT2D eigenvalue weighted by molar-refractivity contribution is 0.0970. The quantitative estimate of drug-likeness (QED) is 0.813. The first-order valence-corrected chi connectivity index (χ1v) is 6.58. The molecular weight excluding hydrogens is 236 g/mol. The molecule has 2 aromatic carbocycles. The highest BCUT2D eigenvalue weighted by molar-refractivity contribution is 5.98. The summed E-state index contributed by atoms with van der Waals surface area (Å²) >= 11 is 0. The van der Waals surface area contributed by atoms with E-state index < -0.39 is 0 Å². The van der Waals surface area contributed by atoms with E-state index in [4.69, 9.17) is 0 Å². The summed E-state index contributed by atoms with van der Waals surface area (Å²) in [5.41, 5.74) is 1.59. The highest BCUT2D eigenvalue weighted by Crippen LogP contribution is 2.27. The van der Waals surface area contributed by atoms with Crippen LogP contribution in [-0.4, -0.2) is 10.9 Å². The van der Waals surface area contributed by atoms with Crippen LogP contribution in [0, 0.1) is 0 Å². The minimum Gasteiger partial charge on any atom is -0.507 e. The Morgan fingerprint density at radius 2 is 1.68 bits per heavy atom. The summed E-state index contributed by atoms with van der Waals surface area (Å²) < 4.78 is 0. The summed E-state index contributed by atoms with van der Waals surface area (Å²) in [7, 11) is 0. The second-order valence-corrected chi connectivity index (χ2v) is 4.66. The van der Waals surface area contributed by atoms with E-state index in [9.17, 15) is 9.90 Å². The SMILES string of the molecule is CC[C@H](CC(=O)c1ccccc1O)c1ccccc1. The van der Waals surface area contributed by atoms with Crippen LogP contribution in [0.4, 0.5) is 0 Å². The zero-order valence-electron chi connectivity index (χ0n) is 11.0. The molecule has 2 aromatic rings. The highest BCUT2D eigenvalue weighted by atomic mass is 16.3. The van der Waals surface area contributed by atoms with Crippen molar-refractivity contribution in [2.45, 2.75) is 25.7 Å². The number of benzene rings is 2. The second-order valence-electron chi connectivity index (χ2n) is 4.66. The second kappa shape index (κ2) is 6.19. The lowest BCUT2D eigenvalue weighted by atomic mass is 9.89. The van der Waals surface area contributed by atoms with E-state index in [1.807, 2.05) is 30.3 Å². The predicted molar refractivity (Wildman–Crippen MR) is 76.5 cm³/mol. The van der Waals surface area contributed by atoms with Gasteiger partial charge >= 0.3 is 0 Å². The summed E-state index contributed by atoms with van der Waals surface area (Å²) in [4.78, 5) is 12.2. The average molecular weight is 254 g/mol. The van der Waals surface area contributed by atoms with Gasteiger partial charge in [0.1, 0.15) is 5.75 Å². The van der Waals surface area contributed by atoms with E-state index in [0.717, 1.165) is 6.42 Å². The molecule has 0 unspecified atom stereocenters. The van der Waals surface area contributed by atoms with E-state index in [1.165, 1.54) is 5.56 Å². The van der Waals surface area contributed by atoms with Gasteiger partial charge in [-0.2, -0.15) is 0 Å². The summed E-state index contributed by atoms with van der Waals surface area (Å²) in [6.45, 7) is 2.08. The Kier molecular flexibility index (Phi) is 4.35. The molecule has 0 aliphatic rings. The van der Waals surface area contributed by atoms with E-state index in [0.29, 0.717) is 12.0 Å². The van der Waals surface area contributed by atoms with E-state index in [2.05, 4.69) is 6.92 Å². The number of carbonyl (C=O) groups is 1. The first-order valence-electron chi connectivity index (χ1n) is 6.58. The molecule has 0 fully saturated rings. The molecule has 0 saturated carbocycles. The lowest BCUT2D eigenvalue weighted by Crippen LogP contribution is -2.07. The molecule has 1 atom stereocenters. The van der Waals surface area contributed by atoms with Gasteiger partial charge in [0.2, 0.25) is 0 Å². The van der Waals surface area contributed by atoms with Crippen molar-refractivity contribution in [3.8, 4) is 5.75 Å². The molecule has 2 nitrogen and oxygen atoms in total. The lowest BCUT2D eigenvalue weighted by Gasteiger charge is -2.14. The predicted octanol–water partition coefficient (Wildman–Crippen LogP) is 4.16. The number of hydrogen-bond acceptors (Lipinski definition) is 2. The molecule has 98 valence electrons. The Morgan fingerprint density at radius 1 is 1.05 bits per heavy atom. The van der Waals surface area contributed by atoms with Crippen LogP contribution in [0.2, 0.25) is 0 Å². The van der Waals surface area contributed by atoms with E-state index in [1.54, 1.807) is 24.3 Å². The number of ketones is 1. The van der Waals surface area contributed by atoms with Gasteiger partial charge in [0, 0.05) is 6.42 Å². The zero-order valence-corrected chi connectivity index (χ0v) is 11.0. The van der Waals surface area contributed by atoms with Crippen molar-refractivity contribution in [3.05, 3.63) is 65.7 Å². The van der Waals surface area contributed by atoms with Crippen LogP contribution in [0.25, 0.3) is 0 Å². The number of para-hydroxylation sites is 1. The normalized spacial score (nSPS) is 12.1. The Balaban J connectivity index is 2.16. The maximum absolute atomic E-state index is 12.2. The van der Waals surface area contributed by atoms with Gasteiger partial charge in [-0.3, -0.25) is 4.79 Å². The number of hydrogen-bond donors (Lipinski definition) is 1. The molecule has 0 saturated heterocycles. The van der Waals surface area contributed by atoms with E-state index in [-0.39, 0.29) is 17.5 Å². The maximum Gasteiger partial charge on any atom is 0.167 e. The number of Topliss-reactive ketones (excluding diaryl/α,β-unsaturated/α-hetero) is 1. The monoisotopic (exact) mass is 254 g/mol. The van der Waals surface area contributed by atoms with Crippen LogP contribution < -0.4 is 0 Å². The molecule has 0 amide bonds. The van der Waals surface area contributed by atoms with Gasteiger partial charge in [0.25, 0.3) is 0 Å². The van der Waals surface area contributed by atoms with Crippen LogP contribution in [0.1, 0.15) is 41.6 Å². The average Bonchev–Trinajstić information content (AvgIpc) is 2.46. The van der Waals surface area contributed by atoms with Gasteiger partial charge < -0.3 is 5.11 Å². The fourth-order valence-electron chi connectivity index (χ4n) is 2.27. The fourth-order valence-corrected chi connectivity index (χ4v) is 2.27. The van der Waals surface area contributed by atoms with Crippen LogP contribution in [-0.2, 0) is 0 Å². The molecule has 1 N–H and O–H groups in total. The smallest absolute Gasteiger partial charge is 0.167 e. The van der Waals surface area contributed by atoms with Crippen molar-refractivity contribution < 1.29 is 9.90 Å². The standard InChI is InChI=1S/C17H18O2/c1-2-13(14-8-4-3-5-9-14)12-17(19)15-10-6-7-11-16(15)18/h3-11,13,18H,2,12H2,1H3/t13-/m1/s1. The van der Waals surface area contributed by atoms with Crippen molar-refractivity contribution >= 4 is 5.78 Å². The third-order valence-corrected chi connectivity index (χ3v) is 3.40. The topological polar surface area (TPSA) is 37.3 Å². The van der Waals surface area contributed by atoms with Crippen molar-refractivity contribution in [1.29, 1.82) is 0 Å². The Bertz CT molecular complexity index is 546. The summed E-state index contributed by atoms with van der Waals surface area (Å²) in [5.74, 6) is 0.262. The third-order valence-electron chi connectivity index (χ3n) is 3.40. The Labute approximate surface area is 113 Å². The number of phenolic OH excluding ortho intramolecular Hbond substituents is 1. The van der Waals surface area contributed by atoms with Crippen molar-refractivity contribution in [3.63, 3.8) is 0 Å². The molecule has 2 heteroatoms. The van der Waals surface area contributed by atoms with Crippen molar-refractivity contribution in [1.82, 2.24) is 0 Å². The molecule has 0 radical (unpaired) electrons. The third kappa shape index (κ3) is 3.22. The molecule has 0 aliphatic carbocycles. The van der Waals surface area contributed by atoms with Gasteiger partial charge in [0.05, 0.1) is 5.56 Å². The molecular formula is C17H18O2. The van der Waals surface area contributed by atoms with Crippen LogP contribution in [0.3, 0.4) is 0 Å². The highest BCUT2D eigenvalue weighted by Gasteiger charge is 2.17. The molecule has 0 heterocycles. The largest absolute Gasteiger partial charge is 0.507 e. The summed E-state index contributed by atoms with van der Waals surface area (Å²) in [5, 5.41) is 9.72. The fraction of sp³-hybridized carbons (Fsp3) is 0.235. The molecule has 2 rings (SSSR count).